The molecule has 0 radical (unpaired) electrons. The second kappa shape index (κ2) is 7.83. The summed E-state index contributed by atoms with van der Waals surface area (Å²) in [5.41, 5.74) is 2.16. The zero-order valence-corrected chi connectivity index (χ0v) is 15.3. The van der Waals surface area contributed by atoms with Gasteiger partial charge in [0.2, 0.25) is 0 Å². The lowest BCUT2D eigenvalue weighted by Crippen LogP contribution is -2.38. The fourth-order valence-electron chi connectivity index (χ4n) is 2.90. The lowest BCUT2D eigenvalue weighted by molar-refractivity contribution is -0.134. The van der Waals surface area contributed by atoms with Crippen LogP contribution in [0.3, 0.4) is 0 Å². The first-order chi connectivity index (χ1) is 12.5. The number of methoxy groups -OCH3 is 2. The largest absolute Gasteiger partial charge is 0.493 e. The summed E-state index contributed by atoms with van der Waals surface area (Å²) in [5, 5.41) is -0.0390. The second-order valence-electron chi connectivity index (χ2n) is 5.91. The molecule has 2 aromatic carbocycles. The maximum atomic E-state index is 13.2. The molecule has 1 aliphatic heterocycles. The first-order valence-corrected chi connectivity index (χ1v) is 8.49. The maximum absolute atomic E-state index is 13.2. The number of benzene rings is 2. The Morgan fingerprint density at radius 1 is 1.15 bits per heavy atom. The van der Waals surface area contributed by atoms with E-state index in [9.17, 15) is 9.18 Å². The van der Waals surface area contributed by atoms with E-state index in [1.807, 2.05) is 12.1 Å². The fraction of sp³-hybridized carbons (Fsp3) is 0.316. The van der Waals surface area contributed by atoms with E-state index < -0.39 is 5.82 Å². The molecule has 0 aliphatic carbocycles. The highest BCUT2D eigenvalue weighted by Crippen LogP contribution is 2.33. The van der Waals surface area contributed by atoms with Crippen molar-refractivity contribution < 1.29 is 23.4 Å². The van der Waals surface area contributed by atoms with Gasteiger partial charge in [0, 0.05) is 19.2 Å². The number of hydrogen-bond acceptors (Lipinski definition) is 4. The normalized spacial score (nSPS) is 13.2. The van der Waals surface area contributed by atoms with Crippen LogP contribution in [0, 0.1) is 5.82 Å². The third-order valence-electron chi connectivity index (χ3n) is 4.32. The van der Waals surface area contributed by atoms with Crippen molar-refractivity contribution in [1.82, 2.24) is 4.90 Å². The van der Waals surface area contributed by atoms with Gasteiger partial charge in [0.05, 0.1) is 19.2 Å². The molecule has 0 unspecified atom stereocenters. The van der Waals surface area contributed by atoms with Crippen molar-refractivity contribution in [2.45, 2.75) is 13.0 Å². The van der Waals surface area contributed by atoms with Crippen LogP contribution < -0.4 is 14.2 Å². The van der Waals surface area contributed by atoms with Crippen LogP contribution in [-0.4, -0.2) is 38.2 Å². The quantitative estimate of drug-likeness (QED) is 0.798. The van der Waals surface area contributed by atoms with Crippen LogP contribution >= 0.6 is 11.6 Å². The molecule has 7 heteroatoms. The Hall–Kier alpha value is -2.47. The number of nitrogens with zero attached hydrogens (tertiary/aromatic N) is 1. The first-order valence-electron chi connectivity index (χ1n) is 8.11. The molecule has 0 saturated heterocycles. The number of carbonyl (C=O) groups excluding carboxylic acids is 1. The SMILES string of the molecule is COc1cc2c(cc1OC)CN(C(=O)COc1ccc(F)c(Cl)c1)CC2. The third kappa shape index (κ3) is 3.85. The second-order valence-corrected chi connectivity index (χ2v) is 6.31. The lowest BCUT2D eigenvalue weighted by atomic mass is 9.99. The molecule has 1 amide bonds. The highest BCUT2D eigenvalue weighted by molar-refractivity contribution is 6.30. The number of hydrogen-bond donors (Lipinski definition) is 0. The number of rotatable bonds is 5. The van der Waals surface area contributed by atoms with Gasteiger partial charge in [-0.2, -0.15) is 0 Å². The van der Waals surface area contributed by atoms with Gasteiger partial charge < -0.3 is 19.1 Å². The van der Waals surface area contributed by atoms with E-state index in [1.54, 1.807) is 19.1 Å². The molecule has 1 heterocycles. The van der Waals surface area contributed by atoms with Gasteiger partial charge in [0.1, 0.15) is 11.6 Å². The standard InChI is InChI=1S/C19H19ClFNO4/c1-24-17-7-12-5-6-22(10-13(12)8-18(17)25-2)19(23)11-26-14-3-4-16(21)15(20)9-14/h3-4,7-9H,5-6,10-11H2,1-2H3. The van der Waals surface area contributed by atoms with Crippen LogP contribution in [-0.2, 0) is 17.8 Å². The van der Waals surface area contributed by atoms with Gasteiger partial charge in [-0.25, -0.2) is 4.39 Å². The molecular formula is C19H19ClFNO4. The molecule has 0 bridgehead atoms. The number of fused-ring (bicyclic) bond motifs is 1. The number of ether oxygens (including phenoxy) is 3. The minimum atomic E-state index is -0.526. The van der Waals surface area contributed by atoms with Crippen molar-refractivity contribution >= 4 is 17.5 Å². The van der Waals surface area contributed by atoms with E-state index in [0.717, 1.165) is 17.5 Å². The summed E-state index contributed by atoms with van der Waals surface area (Å²) < 4.78 is 29.2. The van der Waals surface area contributed by atoms with Crippen LogP contribution in [0.2, 0.25) is 5.02 Å². The molecule has 0 saturated carbocycles. The van der Waals surface area contributed by atoms with Gasteiger partial charge in [-0.05, 0) is 41.8 Å². The number of halogens is 2. The van der Waals surface area contributed by atoms with Crippen LogP contribution in [0.5, 0.6) is 17.2 Å². The predicted octanol–water partition coefficient (Wildman–Crippen LogP) is 3.46. The monoisotopic (exact) mass is 379 g/mol. The van der Waals surface area contributed by atoms with Gasteiger partial charge in [-0.3, -0.25) is 4.79 Å². The van der Waals surface area contributed by atoms with E-state index in [-0.39, 0.29) is 17.5 Å². The molecule has 1 aliphatic rings. The first kappa shape index (κ1) is 18.3. The van der Waals surface area contributed by atoms with E-state index >= 15 is 0 Å². The minimum Gasteiger partial charge on any atom is -0.493 e. The fourth-order valence-corrected chi connectivity index (χ4v) is 3.07. The van der Waals surface area contributed by atoms with Crippen molar-refractivity contribution in [3.05, 3.63) is 52.3 Å². The van der Waals surface area contributed by atoms with Crippen molar-refractivity contribution in [3.63, 3.8) is 0 Å². The average Bonchev–Trinajstić information content (AvgIpc) is 2.66. The molecular weight excluding hydrogens is 361 g/mol. The number of carbonyl (C=O) groups is 1. The van der Waals surface area contributed by atoms with Crippen LogP contribution in [0.4, 0.5) is 4.39 Å². The van der Waals surface area contributed by atoms with E-state index in [2.05, 4.69) is 0 Å². The van der Waals surface area contributed by atoms with Crippen LogP contribution in [0.1, 0.15) is 11.1 Å². The Balaban J connectivity index is 1.66. The molecule has 2 aromatic rings. The zero-order valence-electron chi connectivity index (χ0n) is 14.6. The van der Waals surface area contributed by atoms with E-state index in [0.29, 0.717) is 30.3 Å². The molecule has 5 nitrogen and oxygen atoms in total. The smallest absolute Gasteiger partial charge is 0.260 e. The van der Waals surface area contributed by atoms with E-state index in [4.69, 9.17) is 25.8 Å². The van der Waals surface area contributed by atoms with Gasteiger partial charge in [-0.15, -0.1) is 0 Å². The molecule has 0 N–H and O–H groups in total. The average molecular weight is 380 g/mol. The summed E-state index contributed by atoms with van der Waals surface area (Å²) in [4.78, 5) is 14.2. The summed E-state index contributed by atoms with van der Waals surface area (Å²) in [6, 6.07) is 7.85. The number of amides is 1. The van der Waals surface area contributed by atoms with Gasteiger partial charge in [0.15, 0.2) is 18.1 Å². The molecule has 3 rings (SSSR count). The Bertz CT molecular complexity index is 827. The third-order valence-corrected chi connectivity index (χ3v) is 4.61. The highest BCUT2D eigenvalue weighted by atomic mass is 35.5. The summed E-state index contributed by atoms with van der Waals surface area (Å²) in [6.07, 6.45) is 0.726. The lowest BCUT2D eigenvalue weighted by Gasteiger charge is -2.29. The van der Waals surface area contributed by atoms with Gasteiger partial charge >= 0.3 is 0 Å². The van der Waals surface area contributed by atoms with Crippen molar-refractivity contribution in [2.24, 2.45) is 0 Å². The predicted molar refractivity (Wildman–Crippen MR) is 95.6 cm³/mol. The minimum absolute atomic E-state index is 0.0390. The van der Waals surface area contributed by atoms with Gasteiger partial charge in [0.25, 0.3) is 5.91 Å². The Morgan fingerprint density at radius 3 is 2.50 bits per heavy atom. The van der Waals surface area contributed by atoms with Crippen molar-refractivity contribution in [3.8, 4) is 17.2 Å². The zero-order chi connectivity index (χ0) is 18.7. The molecule has 0 aromatic heterocycles. The van der Waals surface area contributed by atoms with Crippen molar-refractivity contribution in [2.75, 3.05) is 27.4 Å². The van der Waals surface area contributed by atoms with Crippen LogP contribution in [0.15, 0.2) is 30.3 Å². The topological polar surface area (TPSA) is 48.0 Å². The summed E-state index contributed by atoms with van der Waals surface area (Å²) in [6.45, 7) is 0.932. The van der Waals surface area contributed by atoms with Gasteiger partial charge in [-0.1, -0.05) is 11.6 Å². The van der Waals surface area contributed by atoms with Crippen LogP contribution in [0.25, 0.3) is 0 Å². The molecule has 0 fully saturated rings. The van der Waals surface area contributed by atoms with Crippen molar-refractivity contribution in [1.29, 1.82) is 0 Å². The Kier molecular flexibility index (Phi) is 5.52. The maximum Gasteiger partial charge on any atom is 0.260 e. The molecule has 0 atom stereocenters. The highest BCUT2D eigenvalue weighted by Gasteiger charge is 2.23. The molecule has 26 heavy (non-hydrogen) atoms. The summed E-state index contributed by atoms with van der Waals surface area (Å²) >= 11 is 5.71. The summed E-state index contributed by atoms with van der Waals surface area (Å²) in [5.74, 6) is 1.00. The molecule has 138 valence electrons. The Morgan fingerprint density at radius 2 is 1.85 bits per heavy atom. The Labute approximate surface area is 156 Å². The van der Waals surface area contributed by atoms with E-state index in [1.165, 1.54) is 18.2 Å². The molecule has 0 spiro atoms. The summed E-state index contributed by atoms with van der Waals surface area (Å²) in [7, 11) is 3.18.